The predicted molar refractivity (Wildman–Crippen MR) is 54.1 cm³/mol. The molecule has 1 rings (SSSR count). The Bertz CT molecular complexity index is 313. The van der Waals surface area contributed by atoms with Crippen molar-refractivity contribution in [3.63, 3.8) is 0 Å². The summed E-state index contributed by atoms with van der Waals surface area (Å²) >= 11 is 0. The van der Waals surface area contributed by atoms with Crippen molar-refractivity contribution in [3.05, 3.63) is 23.4 Å². The number of aliphatic hydroxyl groups is 1. The molecule has 1 heterocycles. The standard InChI is InChI=1S/C10H16N2O2/c1-6-8(10(11)7(2)13)4-5-9(12-6)14-3/h4-5,7,10,13H,11H2,1-3H3. The summed E-state index contributed by atoms with van der Waals surface area (Å²) in [5, 5.41) is 9.34. The molecule has 0 saturated heterocycles. The lowest BCUT2D eigenvalue weighted by Crippen LogP contribution is -2.24. The molecule has 2 unspecified atom stereocenters. The molecule has 0 saturated carbocycles. The van der Waals surface area contributed by atoms with Crippen LogP contribution in [0, 0.1) is 6.92 Å². The molecule has 0 radical (unpaired) electrons. The first-order valence-corrected chi connectivity index (χ1v) is 4.51. The molecule has 0 bridgehead atoms. The van der Waals surface area contributed by atoms with Crippen molar-refractivity contribution < 1.29 is 9.84 Å². The third kappa shape index (κ3) is 2.21. The summed E-state index contributed by atoms with van der Waals surface area (Å²) in [6, 6.07) is 3.18. The van der Waals surface area contributed by atoms with Gasteiger partial charge in [-0.15, -0.1) is 0 Å². The molecule has 0 aliphatic rings. The van der Waals surface area contributed by atoms with E-state index in [1.165, 1.54) is 0 Å². The number of ether oxygens (including phenoxy) is 1. The van der Waals surface area contributed by atoms with Gasteiger partial charge in [-0.1, -0.05) is 6.07 Å². The van der Waals surface area contributed by atoms with Gasteiger partial charge in [0.25, 0.3) is 0 Å². The zero-order valence-electron chi connectivity index (χ0n) is 8.69. The molecule has 14 heavy (non-hydrogen) atoms. The maximum atomic E-state index is 9.34. The van der Waals surface area contributed by atoms with Crippen molar-refractivity contribution in [2.24, 2.45) is 5.73 Å². The van der Waals surface area contributed by atoms with E-state index in [2.05, 4.69) is 4.98 Å². The number of methoxy groups -OCH3 is 1. The van der Waals surface area contributed by atoms with E-state index in [1.54, 1.807) is 20.1 Å². The zero-order valence-corrected chi connectivity index (χ0v) is 8.69. The second-order valence-corrected chi connectivity index (χ2v) is 3.29. The summed E-state index contributed by atoms with van der Waals surface area (Å²) in [5.74, 6) is 0.559. The Morgan fingerprint density at radius 3 is 2.57 bits per heavy atom. The third-order valence-electron chi connectivity index (χ3n) is 2.19. The summed E-state index contributed by atoms with van der Waals surface area (Å²) in [7, 11) is 1.57. The van der Waals surface area contributed by atoms with Crippen LogP contribution >= 0.6 is 0 Å². The summed E-state index contributed by atoms with van der Waals surface area (Å²) in [5.41, 5.74) is 7.44. The zero-order chi connectivity index (χ0) is 10.7. The van der Waals surface area contributed by atoms with Crippen molar-refractivity contribution in [1.82, 2.24) is 4.98 Å². The summed E-state index contributed by atoms with van der Waals surface area (Å²) in [6.45, 7) is 3.51. The van der Waals surface area contributed by atoms with E-state index in [-0.39, 0.29) is 0 Å². The predicted octanol–water partition coefficient (Wildman–Crippen LogP) is 0.779. The molecule has 4 nitrogen and oxygen atoms in total. The Morgan fingerprint density at radius 1 is 1.50 bits per heavy atom. The smallest absolute Gasteiger partial charge is 0.213 e. The number of aliphatic hydroxyl groups excluding tert-OH is 1. The van der Waals surface area contributed by atoms with E-state index in [9.17, 15) is 5.11 Å². The molecular formula is C10H16N2O2. The van der Waals surface area contributed by atoms with E-state index in [0.717, 1.165) is 11.3 Å². The third-order valence-corrected chi connectivity index (χ3v) is 2.19. The van der Waals surface area contributed by atoms with Gasteiger partial charge < -0.3 is 15.6 Å². The fraction of sp³-hybridized carbons (Fsp3) is 0.500. The van der Waals surface area contributed by atoms with Crippen LogP contribution in [0.3, 0.4) is 0 Å². The summed E-state index contributed by atoms with van der Waals surface area (Å²) in [4.78, 5) is 4.18. The number of hydrogen-bond acceptors (Lipinski definition) is 4. The highest BCUT2D eigenvalue weighted by Crippen LogP contribution is 2.19. The van der Waals surface area contributed by atoms with Crippen LogP contribution in [0.4, 0.5) is 0 Å². The first-order valence-electron chi connectivity index (χ1n) is 4.51. The molecule has 0 amide bonds. The highest BCUT2D eigenvalue weighted by Gasteiger charge is 2.15. The molecule has 1 aromatic heterocycles. The second-order valence-electron chi connectivity index (χ2n) is 3.29. The maximum Gasteiger partial charge on any atom is 0.213 e. The second kappa shape index (κ2) is 4.39. The lowest BCUT2D eigenvalue weighted by molar-refractivity contribution is 0.163. The van der Waals surface area contributed by atoms with Crippen LogP contribution in [-0.4, -0.2) is 23.3 Å². The Hall–Kier alpha value is -1.13. The minimum atomic E-state index is -0.580. The van der Waals surface area contributed by atoms with Gasteiger partial charge in [-0.05, 0) is 19.4 Å². The number of hydrogen-bond donors (Lipinski definition) is 2. The van der Waals surface area contributed by atoms with Crippen molar-refractivity contribution in [1.29, 1.82) is 0 Å². The quantitative estimate of drug-likeness (QED) is 0.749. The lowest BCUT2D eigenvalue weighted by atomic mass is 10.0. The van der Waals surface area contributed by atoms with Crippen LogP contribution in [0.2, 0.25) is 0 Å². The number of nitrogens with two attached hydrogens (primary N) is 1. The van der Waals surface area contributed by atoms with E-state index in [4.69, 9.17) is 10.5 Å². The monoisotopic (exact) mass is 196 g/mol. The Morgan fingerprint density at radius 2 is 2.14 bits per heavy atom. The molecular weight excluding hydrogens is 180 g/mol. The molecule has 0 aliphatic carbocycles. The number of pyridine rings is 1. The molecule has 0 spiro atoms. The van der Waals surface area contributed by atoms with Gasteiger partial charge in [-0.25, -0.2) is 4.98 Å². The number of nitrogens with zero attached hydrogens (tertiary/aromatic N) is 1. The van der Waals surface area contributed by atoms with Crippen molar-refractivity contribution in [2.75, 3.05) is 7.11 Å². The molecule has 0 aliphatic heterocycles. The van der Waals surface area contributed by atoms with Crippen LogP contribution < -0.4 is 10.5 Å². The first kappa shape index (κ1) is 10.9. The molecule has 0 fully saturated rings. The molecule has 78 valence electrons. The van der Waals surface area contributed by atoms with Gasteiger partial charge in [0.05, 0.1) is 19.3 Å². The van der Waals surface area contributed by atoms with Gasteiger partial charge in [-0.2, -0.15) is 0 Å². The Kier molecular flexibility index (Phi) is 3.43. The Labute approximate surface area is 83.7 Å². The number of rotatable bonds is 3. The SMILES string of the molecule is COc1ccc(C(N)C(C)O)c(C)n1. The molecule has 1 aromatic rings. The summed E-state index contributed by atoms with van der Waals surface area (Å²) < 4.78 is 4.98. The average Bonchev–Trinajstić information content (AvgIpc) is 2.16. The van der Waals surface area contributed by atoms with E-state index in [0.29, 0.717) is 5.88 Å². The van der Waals surface area contributed by atoms with Crippen LogP contribution in [-0.2, 0) is 0 Å². The minimum absolute atomic E-state index is 0.395. The van der Waals surface area contributed by atoms with E-state index in [1.807, 2.05) is 13.0 Å². The fourth-order valence-electron chi connectivity index (χ4n) is 1.27. The van der Waals surface area contributed by atoms with Crippen molar-refractivity contribution in [3.8, 4) is 5.88 Å². The van der Waals surface area contributed by atoms with Gasteiger partial charge in [0, 0.05) is 11.8 Å². The van der Waals surface area contributed by atoms with Gasteiger partial charge in [0.15, 0.2) is 0 Å². The number of aryl methyl sites for hydroxylation is 1. The maximum absolute atomic E-state index is 9.34. The molecule has 3 N–H and O–H groups in total. The molecule has 4 heteroatoms. The van der Waals surface area contributed by atoms with Gasteiger partial charge in [0.2, 0.25) is 5.88 Å². The topological polar surface area (TPSA) is 68.4 Å². The normalized spacial score (nSPS) is 14.9. The fourth-order valence-corrected chi connectivity index (χ4v) is 1.27. The minimum Gasteiger partial charge on any atom is -0.481 e. The van der Waals surface area contributed by atoms with Crippen LogP contribution in [0.15, 0.2) is 12.1 Å². The lowest BCUT2D eigenvalue weighted by Gasteiger charge is -2.17. The van der Waals surface area contributed by atoms with Crippen LogP contribution in [0.5, 0.6) is 5.88 Å². The summed E-state index contributed by atoms with van der Waals surface area (Å²) in [6.07, 6.45) is -0.580. The number of aromatic nitrogens is 1. The van der Waals surface area contributed by atoms with Gasteiger partial charge in [-0.3, -0.25) is 0 Å². The molecule has 2 atom stereocenters. The van der Waals surface area contributed by atoms with Gasteiger partial charge in [0.1, 0.15) is 0 Å². The van der Waals surface area contributed by atoms with Crippen LogP contribution in [0.25, 0.3) is 0 Å². The van der Waals surface area contributed by atoms with Crippen molar-refractivity contribution >= 4 is 0 Å². The largest absolute Gasteiger partial charge is 0.481 e. The van der Waals surface area contributed by atoms with Crippen molar-refractivity contribution in [2.45, 2.75) is 26.0 Å². The highest BCUT2D eigenvalue weighted by molar-refractivity contribution is 5.28. The van der Waals surface area contributed by atoms with Crippen LogP contribution in [0.1, 0.15) is 24.2 Å². The van der Waals surface area contributed by atoms with Gasteiger partial charge >= 0.3 is 0 Å². The molecule has 0 aromatic carbocycles. The average molecular weight is 196 g/mol. The van der Waals surface area contributed by atoms with E-state index < -0.39 is 12.1 Å². The first-order chi connectivity index (χ1) is 6.56. The van der Waals surface area contributed by atoms with E-state index >= 15 is 0 Å². The highest BCUT2D eigenvalue weighted by atomic mass is 16.5. The Balaban J connectivity index is 2.99.